The van der Waals surface area contributed by atoms with E-state index in [1.807, 2.05) is 0 Å². The zero-order valence-corrected chi connectivity index (χ0v) is 28.9. The van der Waals surface area contributed by atoms with Crippen LogP contribution in [0.5, 0.6) is 5.75 Å². The Labute approximate surface area is 266 Å². The molecule has 0 heterocycles. The normalized spacial score (nSPS) is 15.1. The number of ketones is 1. The second-order valence-electron chi connectivity index (χ2n) is 16.4. The number of carbonyl (C=O) groups excluding carboxylic acids is 1. The monoisotopic (exact) mass is 586 g/mol. The molecule has 1 aliphatic carbocycles. The lowest BCUT2D eigenvalue weighted by atomic mass is 9.68. The lowest BCUT2D eigenvalue weighted by Crippen LogP contribution is -2.32. The molecule has 0 radical (unpaired) electrons. The van der Waals surface area contributed by atoms with Gasteiger partial charge in [0.25, 0.3) is 5.78 Å². The van der Waals surface area contributed by atoms with Crippen molar-refractivity contribution in [2.45, 2.75) is 93.9 Å². The Morgan fingerprint density at radius 3 is 1.55 bits per heavy atom. The fourth-order valence-electron chi connectivity index (χ4n) is 5.66. The van der Waals surface area contributed by atoms with E-state index in [0.717, 1.165) is 56.0 Å². The predicted octanol–water partition coefficient (Wildman–Crippen LogP) is 10.8. The highest BCUT2D eigenvalue weighted by molar-refractivity contribution is 6.13. The van der Waals surface area contributed by atoms with Crippen molar-refractivity contribution < 1.29 is 9.90 Å². The smallest absolute Gasteiger partial charge is 0.291 e. The van der Waals surface area contributed by atoms with Crippen LogP contribution in [0.25, 0.3) is 28.9 Å². The summed E-state index contributed by atoms with van der Waals surface area (Å²) in [5.74, 6) is 1.16. The Kier molecular flexibility index (Phi) is 8.75. The van der Waals surface area contributed by atoms with Gasteiger partial charge in [-0.15, -0.1) is 5.75 Å². The van der Waals surface area contributed by atoms with Crippen molar-refractivity contribution in [2.75, 3.05) is 0 Å². The minimum atomic E-state index is -0.245. The topological polar surface area (TPSA) is 40.1 Å². The van der Waals surface area contributed by atoms with Crippen LogP contribution in [-0.2, 0) is 15.6 Å². The average Bonchev–Trinajstić information content (AvgIpc) is 2.90. The van der Waals surface area contributed by atoms with Crippen molar-refractivity contribution in [3.63, 3.8) is 0 Å². The molecule has 2 heteroatoms. The first-order chi connectivity index (χ1) is 20.2. The maximum atomic E-state index is 13.4. The van der Waals surface area contributed by atoms with Crippen molar-refractivity contribution in [3.05, 3.63) is 112 Å². The fraction of sp³-hybridized carbons (Fsp3) is 0.381. The van der Waals surface area contributed by atoms with Crippen LogP contribution in [0.1, 0.15) is 111 Å². The summed E-state index contributed by atoms with van der Waals surface area (Å²) in [6.07, 6.45) is 8.44. The third-order valence-corrected chi connectivity index (χ3v) is 8.32. The Morgan fingerprint density at radius 2 is 1.09 bits per heavy atom. The molecule has 4 rings (SSSR count). The van der Waals surface area contributed by atoms with Gasteiger partial charge in [-0.1, -0.05) is 96.2 Å². The van der Waals surface area contributed by atoms with E-state index in [1.54, 1.807) is 0 Å². The number of Topliss-reactive ketones (excluding diaryl/α,β-unsaturated/α-hetero) is 1. The first kappa shape index (κ1) is 33.1. The van der Waals surface area contributed by atoms with Crippen molar-refractivity contribution in [3.8, 4) is 16.9 Å². The summed E-state index contributed by atoms with van der Waals surface area (Å²) >= 11 is 0. The number of hydrogen-bond donors (Lipinski definition) is 0. The minimum Gasteiger partial charge on any atom is -0.872 e. The van der Waals surface area contributed by atoms with Crippen LogP contribution in [0, 0.1) is 16.7 Å². The van der Waals surface area contributed by atoms with Gasteiger partial charge in [0, 0.05) is 16.4 Å². The summed E-state index contributed by atoms with van der Waals surface area (Å²) in [5.41, 5.74) is 8.10. The first-order valence-corrected chi connectivity index (χ1v) is 15.8. The van der Waals surface area contributed by atoms with Crippen LogP contribution in [0.3, 0.4) is 0 Å². The second-order valence-corrected chi connectivity index (χ2v) is 16.4. The van der Waals surface area contributed by atoms with Gasteiger partial charge in [0.05, 0.1) is 17.7 Å². The quantitative estimate of drug-likeness (QED) is 0.225. The summed E-state index contributed by atoms with van der Waals surface area (Å²) in [7, 11) is 0. The van der Waals surface area contributed by atoms with E-state index in [2.05, 4.69) is 168 Å². The number of allylic oxidation sites excluding steroid dienone is 4. The first-order valence-electron chi connectivity index (χ1n) is 15.8. The van der Waals surface area contributed by atoms with Crippen molar-refractivity contribution >= 4 is 23.5 Å². The minimum absolute atomic E-state index is 0.152. The van der Waals surface area contributed by atoms with Gasteiger partial charge in [-0.2, -0.15) is 0 Å². The molecule has 0 unspecified atom stereocenters. The van der Waals surface area contributed by atoms with Crippen LogP contribution >= 0.6 is 0 Å². The van der Waals surface area contributed by atoms with Crippen LogP contribution in [-0.4, -0.2) is 5.78 Å². The molecule has 44 heavy (non-hydrogen) atoms. The van der Waals surface area contributed by atoms with Crippen LogP contribution < -0.4 is 5.11 Å². The summed E-state index contributed by atoms with van der Waals surface area (Å²) in [5, 5.41) is 13.4. The molecule has 0 aromatic heterocycles. The Morgan fingerprint density at radius 1 is 0.614 bits per heavy atom. The summed E-state index contributed by atoms with van der Waals surface area (Å²) in [4.78, 5) is 13.4. The molecule has 3 aromatic rings. The molecule has 1 aliphatic rings. The van der Waals surface area contributed by atoms with E-state index < -0.39 is 0 Å². The lowest BCUT2D eigenvalue weighted by molar-refractivity contribution is -0.271. The maximum Gasteiger partial charge on any atom is 0.291 e. The Balaban J connectivity index is 1.70. The Bertz CT molecular complexity index is 1610. The summed E-state index contributed by atoms with van der Waals surface area (Å²) < 4.78 is 0. The van der Waals surface area contributed by atoms with Gasteiger partial charge in [-0.05, 0) is 104 Å². The van der Waals surface area contributed by atoms with E-state index in [-0.39, 0.29) is 33.2 Å². The number of carbonyl (C=O) groups is 1. The van der Waals surface area contributed by atoms with Crippen LogP contribution in [0.15, 0.2) is 78.4 Å². The molecular formula is C42H50O2. The van der Waals surface area contributed by atoms with Crippen LogP contribution in [0.4, 0.5) is 0 Å². The van der Waals surface area contributed by atoms with E-state index in [1.165, 1.54) is 0 Å². The van der Waals surface area contributed by atoms with E-state index in [0.29, 0.717) is 0 Å². The molecule has 0 amide bonds. The third kappa shape index (κ3) is 7.29. The third-order valence-electron chi connectivity index (χ3n) is 8.32. The molecule has 0 fully saturated rings. The molecule has 0 aliphatic heterocycles. The maximum absolute atomic E-state index is 13.4. The standard InChI is InChI=1S/C42H50O2/c1-39(2,3)33-23-31(24-34(37(33)43)40(4,5)6)29-17-13-15-27(21-29)19-20-28-16-14-18-30(22-28)32-25-35(41(7,8)9)38(44)36(26-32)42(10,11)12/h13-26H,1-12H3/b20-19+. The van der Waals surface area contributed by atoms with Crippen molar-refractivity contribution in [2.24, 2.45) is 10.8 Å². The largest absolute Gasteiger partial charge is 0.872 e. The van der Waals surface area contributed by atoms with Gasteiger partial charge in [0.2, 0.25) is 0 Å². The van der Waals surface area contributed by atoms with Gasteiger partial charge in [-0.3, -0.25) is 4.79 Å². The highest BCUT2D eigenvalue weighted by Crippen LogP contribution is 2.43. The summed E-state index contributed by atoms with van der Waals surface area (Å²) in [6, 6.07) is 21.2. The molecule has 3 aromatic carbocycles. The molecular weight excluding hydrogens is 536 g/mol. The second kappa shape index (κ2) is 11.6. The van der Waals surface area contributed by atoms with E-state index in [4.69, 9.17) is 0 Å². The zero-order valence-electron chi connectivity index (χ0n) is 28.9. The van der Waals surface area contributed by atoms with E-state index >= 15 is 0 Å². The Hall–Kier alpha value is -3.78. The molecule has 230 valence electrons. The van der Waals surface area contributed by atoms with Gasteiger partial charge < -0.3 is 5.11 Å². The molecule has 0 saturated heterocycles. The average molecular weight is 587 g/mol. The number of benzene rings is 3. The molecule has 0 N–H and O–H groups in total. The summed E-state index contributed by atoms with van der Waals surface area (Å²) in [6.45, 7) is 25.3. The van der Waals surface area contributed by atoms with Gasteiger partial charge in [0.1, 0.15) is 11.5 Å². The highest BCUT2D eigenvalue weighted by Gasteiger charge is 2.45. The highest BCUT2D eigenvalue weighted by atomic mass is 16.3. The SMILES string of the molecule is CC(C)(C)C1=CC(c2cccc(/C=C/c3cccc(-c4cc(C(C)(C)C)c([O-])c(C(C)(C)C)c4)c3)c2)=C[C+](C(C)(C)C)C1=O. The van der Waals surface area contributed by atoms with Crippen molar-refractivity contribution in [1.82, 2.24) is 0 Å². The van der Waals surface area contributed by atoms with Gasteiger partial charge >= 0.3 is 0 Å². The van der Waals surface area contributed by atoms with Gasteiger partial charge in [-0.25, -0.2) is 0 Å². The zero-order chi connectivity index (χ0) is 32.8. The van der Waals surface area contributed by atoms with Crippen LogP contribution in [0.2, 0.25) is 0 Å². The predicted molar refractivity (Wildman–Crippen MR) is 187 cm³/mol. The number of hydrogen-bond acceptors (Lipinski definition) is 2. The lowest BCUT2D eigenvalue weighted by Gasteiger charge is -2.34. The molecule has 0 spiro atoms. The van der Waals surface area contributed by atoms with Crippen molar-refractivity contribution in [1.29, 1.82) is 0 Å². The molecule has 2 nitrogen and oxygen atoms in total. The number of rotatable bonds is 4. The molecule has 0 saturated carbocycles. The fourth-order valence-corrected chi connectivity index (χ4v) is 5.66. The molecule has 0 bridgehead atoms. The molecule has 0 atom stereocenters. The van der Waals surface area contributed by atoms with E-state index in [9.17, 15) is 9.90 Å². The van der Waals surface area contributed by atoms with Gasteiger partial charge in [0.15, 0.2) is 0 Å².